The van der Waals surface area contributed by atoms with E-state index >= 15 is 0 Å². The quantitative estimate of drug-likeness (QED) is 0.670. The highest BCUT2D eigenvalue weighted by Crippen LogP contribution is 2.33. The van der Waals surface area contributed by atoms with Crippen LogP contribution in [-0.2, 0) is 4.79 Å². The molecule has 0 fully saturated rings. The van der Waals surface area contributed by atoms with Crippen LogP contribution in [0.4, 0.5) is 0 Å². The van der Waals surface area contributed by atoms with Gasteiger partial charge < -0.3 is 5.32 Å². The molecule has 1 aromatic rings. The lowest BCUT2D eigenvalue weighted by Crippen LogP contribution is -2.43. The maximum Gasteiger partial charge on any atom is 0.245 e. The van der Waals surface area contributed by atoms with E-state index in [1.165, 1.54) is 23.4 Å². The Balaban J connectivity index is 2.93. The predicted molar refractivity (Wildman–Crippen MR) is 71.8 cm³/mol. The average Bonchev–Trinajstić information content (AvgIpc) is 2.77. The normalized spacial score (nSPS) is 12.9. The number of nitrogens with zero attached hydrogens (tertiary/aromatic N) is 3. The molecule has 0 aliphatic carbocycles. The average molecular weight is 312 g/mol. The van der Waals surface area contributed by atoms with E-state index in [0.29, 0.717) is 0 Å². The van der Waals surface area contributed by atoms with Crippen molar-refractivity contribution in [2.75, 3.05) is 5.88 Å². The van der Waals surface area contributed by atoms with Crippen LogP contribution in [0.1, 0.15) is 20.0 Å². The number of hydrogen-bond acceptors (Lipinski definition) is 3. The molecule has 1 heterocycles. The Morgan fingerprint density at radius 3 is 2.67 bits per heavy atom. The van der Waals surface area contributed by atoms with Crippen LogP contribution in [0, 0.1) is 0 Å². The Kier molecular flexibility index (Phi) is 5.44. The van der Waals surface area contributed by atoms with Gasteiger partial charge in [0.2, 0.25) is 5.91 Å². The molecule has 0 saturated heterocycles. The number of alkyl halides is 3. The SMILES string of the molecule is CC(C)=CC(=O)NC(n1cncn1)C(Cl)(Cl)CCl. The molecule has 1 atom stereocenters. The van der Waals surface area contributed by atoms with Crippen molar-refractivity contribution in [2.24, 2.45) is 0 Å². The summed E-state index contributed by atoms with van der Waals surface area (Å²) in [5, 5.41) is 6.54. The van der Waals surface area contributed by atoms with Crippen LogP contribution in [0.3, 0.4) is 0 Å². The minimum Gasteiger partial charge on any atom is -0.328 e. The lowest BCUT2D eigenvalue weighted by Gasteiger charge is -2.28. The molecule has 0 bridgehead atoms. The summed E-state index contributed by atoms with van der Waals surface area (Å²) < 4.78 is -0.0421. The second kappa shape index (κ2) is 6.41. The van der Waals surface area contributed by atoms with Crippen LogP contribution < -0.4 is 5.32 Å². The highest BCUT2D eigenvalue weighted by Gasteiger charge is 2.37. The standard InChI is InChI=1S/C10H13Cl3N4O/c1-7(2)3-8(18)16-9(10(12,13)4-11)17-6-14-5-15-17/h3,5-6,9H,4H2,1-2H3,(H,16,18). The zero-order valence-corrected chi connectivity index (χ0v) is 12.2. The Morgan fingerprint density at radius 2 is 2.22 bits per heavy atom. The smallest absolute Gasteiger partial charge is 0.245 e. The number of rotatable bonds is 5. The van der Waals surface area contributed by atoms with Crippen molar-refractivity contribution >= 4 is 40.7 Å². The Bertz CT molecular complexity index is 426. The summed E-state index contributed by atoms with van der Waals surface area (Å²) >= 11 is 17.8. The number of aromatic nitrogens is 3. The first-order chi connectivity index (χ1) is 8.36. The molecule has 1 N–H and O–H groups in total. The van der Waals surface area contributed by atoms with Crippen LogP contribution in [0.25, 0.3) is 0 Å². The molecule has 0 aliphatic heterocycles. The highest BCUT2D eigenvalue weighted by atomic mass is 35.5. The fraction of sp³-hybridized carbons (Fsp3) is 0.500. The molecule has 0 spiro atoms. The largest absolute Gasteiger partial charge is 0.328 e. The van der Waals surface area contributed by atoms with Crippen LogP contribution in [0.2, 0.25) is 0 Å². The Morgan fingerprint density at radius 1 is 1.56 bits per heavy atom. The Labute approximate surface area is 120 Å². The maximum absolute atomic E-state index is 11.7. The van der Waals surface area contributed by atoms with Crippen LogP contribution in [0.15, 0.2) is 24.3 Å². The zero-order valence-electron chi connectivity index (χ0n) is 9.90. The molecule has 1 aromatic heterocycles. The van der Waals surface area contributed by atoms with Gasteiger partial charge in [0, 0.05) is 6.08 Å². The first-order valence-electron chi connectivity index (χ1n) is 5.10. The molecule has 5 nitrogen and oxygen atoms in total. The van der Waals surface area contributed by atoms with Crippen LogP contribution >= 0.6 is 34.8 Å². The number of amides is 1. The molecule has 18 heavy (non-hydrogen) atoms. The van der Waals surface area contributed by atoms with Gasteiger partial charge in [0.05, 0.1) is 5.88 Å². The van der Waals surface area contributed by atoms with Gasteiger partial charge in [-0.1, -0.05) is 28.8 Å². The number of carbonyl (C=O) groups is 1. The topological polar surface area (TPSA) is 59.8 Å². The van der Waals surface area contributed by atoms with E-state index < -0.39 is 10.5 Å². The van der Waals surface area contributed by atoms with E-state index in [1.807, 2.05) is 0 Å². The molecule has 0 aliphatic rings. The number of hydrogen-bond donors (Lipinski definition) is 1. The van der Waals surface area contributed by atoms with Crippen LogP contribution in [-0.4, -0.2) is 30.9 Å². The minimum absolute atomic E-state index is 0.0737. The highest BCUT2D eigenvalue weighted by molar-refractivity contribution is 6.51. The second-order valence-electron chi connectivity index (χ2n) is 3.90. The molecule has 8 heteroatoms. The predicted octanol–water partition coefficient (Wildman–Crippen LogP) is 2.27. The lowest BCUT2D eigenvalue weighted by atomic mass is 10.3. The van der Waals surface area contributed by atoms with Gasteiger partial charge in [-0.3, -0.25) is 4.79 Å². The molecule has 0 saturated carbocycles. The van der Waals surface area contributed by atoms with E-state index in [0.717, 1.165) is 5.57 Å². The summed E-state index contributed by atoms with van der Waals surface area (Å²) in [6, 6.07) is 0. The molecule has 100 valence electrons. The van der Waals surface area contributed by atoms with Gasteiger partial charge in [-0.2, -0.15) is 5.10 Å². The van der Waals surface area contributed by atoms with Gasteiger partial charge in [-0.05, 0) is 13.8 Å². The second-order valence-corrected chi connectivity index (χ2v) is 5.71. The van der Waals surface area contributed by atoms with Crippen molar-refractivity contribution in [3.63, 3.8) is 0 Å². The molecule has 1 amide bonds. The molecule has 0 aromatic carbocycles. The van der Waals surface area contributed by atoms with Crippen molar-refractivity contribution in [1.29, 1.82) is 0 Å². The summed E-state index contributed by atoms with van der Waals surface area (Å²) in [5.41, 5.74) is 0.852. The van der Waals surface area contributed by atoms with Gasteiger partial charge in [0.1, 0.15) is 12.7 Å². The minimum atomic E-state index is -1.39. The van der Waals surface area contributed by atoms with Crippen molar-refractivity contribution in [1.82, 2.24) is 20.1 Å². The zero-order chi connectivity index (χ0) is 13.8. The first-order valence-corrected chi connectivity index (χ1v) is 6.39. The number of allylic oxidation sites excluding steroid dienone is 1. The van der Waals surface area contributed by atoms with Crippen molar-refractivity contribution in [3.05, 3.63) is 24.3 Å². The first kappa shape index (κ1) is 15.3. The number of halogens is 3. The van der Waals surface area contributed by atoms with E-state index in [1.54, 1.807) is 13.8 Å². The van der Waals surface area contributed by atoms with Crippen LogP contribution in [0.5, 0.6) is 0 Å². The monoisotopic (exact) mass is 310 g/mol. The van der Waals surface area contributed by atoms with E-state index in [9.17, 15) is 4.79 Å². The maximum atomic E-state index is 11.7. The van der Waals surface area contributed by atoms with E-state index in [2.05, 4.69) is 15.4 Å². The third-order valence-electron chi connectivity index (χ3n) is 1.98. The third kappa shape index (κ3) is 4.15. The van der Waals surface area contributed by atoms with Crippen molar-refractivity contribution < 1.29 is 4.79 Å². The van der Waals surface area contributed by atoms with Gasteiger partial charge in [-0.15, -0.1) is 11.6 Å². The number of nitrogens with one attached hydrogen (secondary N) is 1. The third-order valence-corrected chi connectivity index (χ3v) is 3.35. The molecule has 0 radical (unpaired) electrons. The van der Waals surface area contributed by atoms with Crippen molar-refractivity contribution in [2.45, 2.75) is 24.3 Å². The van der Waals surface area contributed by atoms with E-state index in [-0.39, 0.29) is 11.8 Å². The molecule has 1 unspecified atom stereocenters. The van der Waals surface area contributed by atoms with Gasteiger partial charge in [0.15, 0.2) is 10.5 Å². The Hall–Kier alpha value is -0.780. The summed E-state index contributed by atoms with van der Waals surface area (Å²) in [5.74, 6) is -0.401. The summed E-state index contributed by atoms with van der Waals surface area (Å²) in [4.78, 5) is 15.5. The van der Waals surface area contributed by atoms with Gasteiger partial charge >= 0.3 is 0 Å². The summed E-state index contributed by atoms with van der Waals surface area (Å²) in [6.45, 7) is 3.61. The number of carbonyl (C=O) groups excluding carboxylic acids is 1. The lowest BCUT2D eigenvalue weighted by molar-refractivity contribution is -0.118. The summed E-state index contributed by atoms with van der Waals surface area (Å²) in [6.07, 6.45) is 3.35. The molecule has 1 rings (SSSR count). The fourth-order valence-corrected chi connectivity index (χ4v) is 1.68. The van der Waals surface area contributed by atoms with Gasteiger partial charge in [0.25, 0.3) is 0 Å². The molecular weight excluding hydrogens is 298 g/mol. The van der Waals surface area contributed by atoms with Crippen molar-refractivity contribution in [3.8, 4) is 0 Å². The van der Waals surface area contributed by atoms with E-state index in [4.69, 9.17) is 34.8 Å². The van der Waals surface area contributed by atoms with Gasteiger partial charge in [-0.25, -0.2) is 9.67 Å². The summed E-state index contributed by atoms with van der Waals surface area (Å²) in [7, 11) is 0. The molecular formula is C10H13Cl3N4O. The fourth-order valence-electron chi connectivity index (χ4n) is 1.23.